The molecule has 1 aromatic rings. The van der Waals surface area contributed by atoms with Crippen LogP contribution < -0.4 is 0 Å². The fourth-order valence-corrected chi connectivity index (χ4v) is 1.12. The van der Waals surface area contributed by atoms with Gasteiger partial charge in [-0.2, -0.15) is 4.37 Å². The summed E-state index contributed by atoms with van der Waals surface area (Å²) in [4.78, 5) is 20.7. The Hall–Kier alpha value is -1.69. The Balaban J connectivity index is 2.84. The van der Waals surface area contributed by atoms with Crippen LogP contribution in [-0.4, -0.2) is 26.3 Å². The Morgan fingerprint density at radius 1 is 1.46 bits per heavy atom. The maximum atomic E-state index is 10.6. The van der Waals surface area contributed by atoms with Gasteiger partial charge in [-0.15, -0.1) is 0 Å². The molecule has 0 bridgehead atoms. The SMILES string of the molecule is O=C(O)C(=O)/C=C(\O)c1ccsn1. The Morgan fingerprint density at radius 3 is 2.62 bits per heavy atom. The molecule has 0 aromatic carbocycles. The average molecular weight is 199 g/mol. The van der Waals surface area contributed by atoms with Crippen molar-refractivity contribution in [1.82, 2.24) is 4.37 Å². The third kappa shape index (κ3) is 2.38. The summed E-state index contributed by atoms with van der Waals surface area (Å²) in [6.07, 6.45) is 0.622. The number of rotatable bonds is 3. The Kier molecular flexibility index (Phi) is 2.76. The summed E-state index contributed by atoms with van der Waals surface area (Å²) in [6.45, 7) is 0. The van der Waals surface area contributed by atoms with Crippen LogP contribution in [-0.2, 0) is 9.59 Å². The summed E-state index contributed by atoms with van der Waals surface area (Å²) in [5.74, 6) is -3.22. The number of hydrogen-bond donors (Lipinski definition) is 2. The smallest absolute Gasteiger partial charge is 0.376 e. The van der Waals surface area contributed by atoms with Crippen molar-refractivity contribution >= 4 is 29.0 Å². The number of aliphatic hydroxyl groups is 1. The third-order valence-corrected chi connectivity index (χ3v) is 1.74. The van der Waals surface area contributed by atoms with Gasteiger partial charge in [-0.3, -0.25) is 4.79 Å². The summed E-state index contributed by atoms with van der Waals surface area (Å²) >= 11 is 1.09. The van der Waals surface area contributed by atoms with Gasteiger partial charge in [-0.05, 0) is 17.6 Å². The number of hydrogen-bond acceptors (Lipinski definition) is 5. The molecule has 0 aliphatic heterocycles. The van der Waals surface area contributed by atoms with Crippen molar-refractivity contribution in [3.05, 3.63) is 23.2 Å². The van der Waals surface area contributed by atoms with Crippen LogP contribution >= 0.6 is 11.5 Å². The summed E-state index contributed by atoms with van der Waals surface area (Å²) in [6, 6.07) is 1.48. The van der Waals surface area contributed by atoms with Crippen LogP contribution in [0.15, 0.2) is 17.5 Å². The number of nitrogens with zero attached hydrogens (tertiary/aromatic N) is 1. The van der Waals surface area contributed by atoms with Crippen LogP contribution in [0.5, 0.6) is 0 Å². The molecular formula is C7H5NO4S. The minimum Gasteiger partial charge on any atom is -0.505 e. The third-order valence-electron chi connectivity index (χ3n) is 1.18. The molecule has 0 radical (unpaired) electrons. The molecule has 1 rings (SSSR count). The van der Waals surface area contributed by atoms with Gasteiger partial charge < -0.3 is 10.2 Å². The summed E-state index contributed by atoms with van der Waals surface area (Å²) in [7, 11) is 0. The molecule has 0 aliphatic rings. The van der Waals surface area contributed by atoms with Gasteiger partial charge >= 0.3 is 5.97 Å². The second-order valence-corrected chi connectivity index (χ2v) is 2.75. The quantitative estimate of drug-likeness (QED) is 0.425. The van der Waals surface area contributed by atoms with E-state index >= 15 is 0 Å². The maximum Gasteiger partial charge on any atom is 0.376 e. The first-order chi connectivity index (χ1) is 6.11. The zero-order chi connectivity index (χ0) is 9.84. The average Bonchev–Trinajstić information content (AvgIpc) is 2.55. The van der Waals surface area contributed by atoms with E-state index < -0.39 is 17.5 Å². The molecule has 1 aromatic heterocycles. The number of aliphatic carboxylic acids is 1. The molecule has 0 unspecified atom stereocenters. The van der Waals surface area contributed by atoms with Crippen molar-refractivity contribution in [2.45, 2.75) is 0 Å². The molecule has 0 spiro atoms. The normalized spacial score (nSPS) is 11.2. The molecule has 0 saturated heterocycles. The van der Waals surface area contributed by atoms with Gasteiger partial charge in [0.05, 0.1) is 0 Å². The molecule has 0 aliphatic carbocycles. The number of aliphatic hydroxyl groups excluding tert-OH is 1. The molecule has 0 atom stereocenters. The van der Waals surface area contributed by atoms with E-state index in [0.717, 1.165) is 11.5 Å². The fraction of sp³-hybridized carbons (Fsp3) is 0. The zero-order valence-corrected chi connectivity index (χ0v) is 7.11. The van der Waals surface area contributed by atoms with E-state index in [4.69, 9.17) is 10.2 Å². The highest BCUT2D eigenvalue weighted by Gasteiger charge is 2.10. The first kappa shape index (κ1) is 9.40. The van der Waals surface area contributed by atoms with Gasteiger partial charge in [0, 0.05) is 11.5 Å². The number of carbonyl (C=O) groups excluding carboxylic acids is 1. The second kappa shape index (κ2) is 3.81. The fourth-order valence-electron chi connectivity index (χ4n) is 0.605. The van der Waals surface area contributed by atoms with E-state index in [-0.39, 0.29) is 5.69 Å². The van der Waals surface area contributed by atoms with Gasteiger partial charge in [-0.1, -0.05) is 0 Å². The molecule has 6 heteroatoms. The number of carbonyl (C=O) groups is 2. The van der Waals surface area contributed by atoms with Crippen LogP contribution in [0.3, 0.4) is 0 Å². The highest BCUT2D eigenvalue weighted by Crippen LogP contribution is 2.09. The van der Waals surface area contributed by atoms with Crippen LogP contribution in [0.25, 0.3) is 5.76 Å². The molecule has 0 fully saturated rings. The Labute approximate surface area is 77.1 Å². The predicted octanol–water partition coefficient (Wildman–Crippen LogP) is 0.696. The minimum absolute atomic E-state index is 0.194. The van der Waals surface area contributed by atoms with E-state index in [0.29, 0.717) is 6.08 Å². The number of aromatic nitrogens is 1. The molecule has 5 nitrogen and oxygen atoms in total. The number of carboxylic acids is 1. The largest absolute Gasteiger partial charge is 0.505 e. The summed E-state index contributed by atoms with van der Waals surface area (Å²) in [5, 5.41) is 19.0. The van der Waals surface area contributed by atoms with Crippen molar-refractivity contribution in [1.29, 1.82) is 0 Å². The van der Waals surface area contributed by atoms with Crippen molar-refractivity contribution in [2.24, 2.45) is 0 Å². The van der Waals surface area contributed by atoms with Crippen molar-refractivity contribution in [3.8, 4) is 0 Å². The van der Waals surface area contributed by atoms with E-state index in [1.165, 1.54) is 6.07 Å². The van der Waals surface area contributed by atoms with Crippen molar-refractivity contribution < 1.29 is 19.8 Å². The van der Waals surface area contributed by atoms with Crippen LogP contribution in [0.4, 0.5) is 0 Å². The standard InChI is InChI=1S/C7H5NO4S/c9-5(3-6(10)7(11)12)4-1-2-13-8-4/h1-3,9H,(H,11,12)/b5-3-. The van der Waals surface area contributed by atoms with Gasteiger partial charge in [0.2, 0.25) is 0 Å². The highest BCUT2D eigenvalue weighted by molar-refractivity contribution is 7.03. The Morgan fingerprint density at radius 2 is 2.15 bits per heavy atom. The lowest BCUT2D eigenvalue weighted by Gasteiger charge is -1.91. The van der Waals surface area contributed by atoms with Gasteiger partial charge in [0.25, 0.3) is 5.78 Å². The van der Waals surface area contributed by atoms with Crippen LogP contribution in [0.2, 0.25) is 0 Å². The topological polar surface area (TPSA) is 87.5 Å². The van der Waals surface area contributed by atoms with Crippen molar-refractivity contribution in [2.75, 3.05) is 0 Å². The molecule has 0 saturated carbocycles. The van der Waals surface area contributed by atoms with Gasteiger partial charge in [0.1, 0.15) is 11.5 Å². The van der Waals surface area contributed by atoms with Gasteiger partial charge in [-0.25, -0.2) is 4.79 Å². The lowest BCUT2D eigenvalue weighted by atomic mass is 10.3. The molecule has 2 N–H and O–H groups in total. The van der Waals surface area contributed by atoms with Crippen LogP contribution in [0.1, 0.15) is 5.69 Å². The van der Waals surface area contributed by atoms with E-state index in [9.17, 15) is 9.59 Å². The van der Waals surface area contributed by atoms with Crippen molar-refractivity contribution in [3.63, 3.8) is 0 Å². The minimum atomic E-state index is -1.61. The van der Waals surface area contributed by atoms with E-state index in [1.807, 2.05) is 0 Å². The highest BCUT2D eigenvalue weighted by atomic mass is 32.1. The first-order valence-electron chi connectivity index (χ1n) is 3.20. The first-order valence-corrected chi connectivity index (χ1v) is 4.03. The maximum absolute atomic E-state index is 10.6. The zero-order valence-electron chi connectivity index (χ0n) is 6.30. The molecule has 1 heterocycles. The molecular weight excluding hydrogens is 194 g/mol. The monoisotopic (exact) mass is 199 g/mol. The molecule has 13 heavy (non-hydrogen) atoms. The summed E-state index contributed by atoms with van der Waals surface area (Å²) in [5.41, 5.74) is 0.194. The summed E-state index contributed by atoms with van der Waals surface area (Å²) < 4.78 is 3.71. The van der Waals surface area contributed by atoms with E-state index in [2.05, 4.69) is 4.37 Å². The predicted molar refractivity (Wildman–Crippen MR) is 45.4 cm³/mol. The van der Waals surface area contributed by atoms with E-state index in [1.54, 1.807) is 5.38 Å². The lowest BCUT2D eigenvalue weighted by Crippen LogP contribution is -2.09. The van der Waals surface area contributed by atoms with Crippen LogP contribution in [0, 0.1) is 0 Å². The Bertz CT molecular complexity index is 355. The van der Waals surface area contributed by atoms with Gasteiger partial charge in [0.15, 0.2) is 0 Å². The molecule has 68 valence electrons. The number of carboxylic acid groups (broad SMARTS) is 1. The second-order valence-electron chi connectivity index (χ2n) is 2.08. The number of ketones is 1. The lowest BCUT2D eigenvalue weighted by molar-refractivity contribution is -0.146. The molecule has 0 amide bonds.